The molecule has 1 aliphatic heterocycles. The second-order valence-electron chi connectivity index (χ2n) is 4.15. The van der Waals surface area contributed by atoms with Gasteiger partial charge in [0.15, 0.2) is 0 Å². The van der Waals surface area contributed by atoms with Gasteiger partial charge in [-0.3, -0.25) is 0 Å². The first-order chi connectivity index (χ1) is 7.88. The number of hydrogen-bond acceptors (Lipinski definition) is 3. The van der Waals surface area contributed by atoms with Gasteiger partial charge in [0.1, 0.15) is 12.4 Å². The summed E-state index contributed by atoms with van der Waals surface area (Å²) in [5.41, 5.74) is 6.68. The van der Waals surface area contributed by atoms with Crippen molar-refractivity contribution in [2.45, 2.75) is 31.9 Å². The molecule has 1 fully saturated rings. The van der Waals surface area contributed by atoms with Gasteiger partial charge in [-0.05, 0) is 37.0 Å². The molecule has 2 N–H and O–H groups in total. The molecule has 0 aliphatic carbocycles. The molecule has 0 bridgehead atoms. The Hall–Kier alpha value is -1.06. The van der Waals surface area contributed by atoms with Crippen LogP contribution in [0.2, 0.25) is 0 Å². The quantitative estimate of drug-likeness (QED) is 0.846. The van der Waals surface area contributed by atoms with Crippen molar-refractivity contribution in [1.82, 2.24) is 0 Å². The number of rotatable bonds is 4. The van der Waals surface area contributed by atoms with E-state index in [0.29, 0.717) is 13.2 Å². The molecule has 0 aromatic heterocycles. The first-order valence-electron chi connectivity index (χ1n) is 5.92. The lowest BCUT2D eigenvalue weighted by atomic mass is 10.1. The van der Waals surface area contributed by atoms with Gasteiger partial charge in [-0.15, -0.1) is 0 Å². The van der Waals surface area contributed by atoms with Crippen molar-refractivity contribution in [2.75, 3.05) is 13.2 Å². The van der Waals surface area contributed by atoms with E-state index in [1.807, 2.05) is 24.3 Å². The van der Waals surface area contributed by atoms with E-state index in [9.17, 15) is 0 Å². The molecular weight excluding hydrogens is 202 g/mol. The summed E-state index contributed by atoms with van der Waals surface area (Å²) in [5, 5.41) is 0. The molecule has 2 rings (SSSR count). The van der Waals surface area contributed by atoms with Gasteiger partial charge in [0.05, 0.1) is 6.10 Å². The second-order valence-corrected chi connectivity index (χ2v) is 4.15. The Morgan fingerprint density at radius 1 is 1.38 bits per heavy atom. The Kier molecular flexibility index (Phi) is 4.19. The third-order valence-electron chi connectivity index (χ3n) is 2.84. The zero-order chi connectivity index (χ0) is 11.2. The topological polar surface area (TPSA) is 44.5 Å². The summed E-state index contributed by atoms with van der Waals surface area (Å²) >= 11 is 0. The van der Waals surface area contributed by atoms with E-state index in [1.54, 1.807) is 0 Å². The molecule has 16 heavy (non-hydrogen) atoms. The summed E-state index contributed by atoms with van der Waals surface area (Å²) in [6.07, 6.45) is 3.79. The second kappa shape index (κ2) is 5.87. The number of hydrogen-bond donors (Lipinski definition) is 1. The predicted molar refractivity (Wildman–Crippen MR) is 63.4 cm³/mol. The van der Waals surface area contributed by atoms with Crippen LogP contribution in [0.5, 0.6) is 5.75 Å². The van der Waals surface area contributed by atoms with Crippen LogP contribution in [-0.4, -0.2) is 19.3 Å². The molecule has 1 saturated heterocycles. The molecule has 0 saturated carbocycles. The van der Waals surface area contributed by atoms with Crippen LogP contribution < -0.4 is 10.5 Å². The van der Waals surface area contributed by atoms with Crippen molar-refractivity contribution in [1.29, 1.82) is 0 Å². The third-order valence-corrected chi connectivity index (χ3v) is 2.84. The molecule has 1 unspecified atom stereocenters. The van der Waals surface area contributed by atoms with E-state index in [4.69, 9.17) is 15.2 Å². The fourth-order valence-electron chi connectivity index (χ4n) is 1.89. The lowest BCUT2D eigenvalue weighted by Crippen LogP contribution is -2.25. The molecular formula is C13H19NO2. The number of ether oxygens (including phenoxy) is 2. The highest BCUT2D eigenvalue weighted by atomic mass is 16.5. The fraction of sp³-hybridized carbons (Fsp3) is 0.538. The van der Waals surface area contributed by atoms with Crippen LogP contribution in [0.4, 0.5) is 0 Å². The number of nitrogens with two attached hydrogens (primary N) is 1. The summed E-state index contributed by atoms with van der Waals surface area (Å²) in [6.45, 7) is 2.07. The normalized spacial score (nSPS) is 20.7. The van der Waals surface area contributed by atoms with E-state index in [-0.39, 0.29) is 6.10 Å². The summed E-state index contributed by atoms with van der Waals surface area (Å²) in [7, 11) is 0. The Bertz CT molecular complexity index is 321. The first-order valence-corrected chi connectivity index (χ1v) is 5.92. The molecule has 0 spiro atoms. The van der Waals surface area contributed by atoms with Crippen LogP contribution in [-0.2, 0) is 11.3 Å². The Labute approximate surface area is 96.5 Å². The molecule has 1 heterocycles. The van der Waals surface area contributed by atoms with Crippen LogP contribution in [0.15, 0.2) is 24.3 Å². The SMILES string of the molecule is NCc1cccc(OCC2CCCCO2)c1. The van der Waals surface area contributed by atoms with Gasteiger partial charge in [-0.2, -0.15) is 0 Å². The van der Waals surface area contributed by atoms with E-state index in [1.165, 1.54) is 12.8 Å². The maximum absolute atomic E-state index is 5.71. The minimum atomic E-state index is 0.260. The maximum atomic E-state index is 5.71. The highest BCUT2D eigenvalue weighted by Crippen LogP contribution is 2.17. The highest BCUT2D eigenvalue weighted by molar-refractivity contribution is 5.28. The van der Waals surface area contributed by atoms with Gasteiger partial charge in [0.2, 0.25) is 0 Å². The van der Waals surface area contributed by atoms with Crippen molar-refractivity contribution < 1.29 is 9.47 Å². The minimum absolute atomic E-state index is 0.260. The van der Waals surface area contributed by atoms with E-state index in [0.717, 1.165) is 24.3 Å². The Morgan fingerprint density at radius 3 is 3.06 bits per heavy atom. The predicted octanol–water partition coefficient (Wildman–Crippen LogP) is 2.09. The van der Waals surface area contributed by atoms with E-state index < -0.39 is 0 Å². The summed E-state index contributed by atoms with van der Waals surface area (Å²) < 4.78 is 11.3. The fourth-order valence-corrected chi connectivity index (χ4v) is 1.89. The van der Waals surface area contributed by atoms with Gasteiger partial charge >= 0.3 is 0 Å². The summed E-state index contributed by atoms with van der Waals surface area (Å²) in [6, 6.07) is 7.92. The Balaban J connectivity index is 1.83. The van der Waals surface area contributed by atoms with Crippen LogP contribution in [0.3, 0.4) is 0 Å². The molecule has 0 radical (unpaired) electrons. The first kappa shape index (κ1) is 11.4. The zero-order valence-corrected chi connectivity index (χ0v) is 9.52. The van der Waals surface area contributed by atoms with Gasteiger partial charge in [0.25, 0.3) is 0 Å². The average Bonchev–Trinajstić information content (AvgIpc) is 2.38. The van der Waals surface area contributed by atoms with Gasteiger partial charge in [-0.25, -0.2) is 0 Å². The number of benzene rings is 1. The van der Waals surface area contributed by atoms with Gasteiger partial charge in [0, 0.05) is 13.2 Å². The van der Waals surface area contributed by atoms with E-state index >= 15 is 0 Å². The van der Waals surface area contributed by atoms with Crippen molar-refractivity contribution >= 4 is 0 Å². The lowest BCUT2D eigenvalue weighted by Gasteiger charge is -2.22. The molecule has 3 heteroatoms. The molecule has 88 valence electrons. The Morgan fingerprint density at radius 2 is 2.31 bits per heavy atom. The van der Waals surface area contributed by atoms with Crippen LogP contribution in [0.1, 0.15) is 24.8 Å². The molecule has 1 aliphatic rings. The summed E-state index contributed by atoms with van der Waals surface area (Å²) in [5.74, 6) is 0.886. The monoisotopic (exact) mass is 221 g/mol. The zero-order valence-electron chi connectivity index (χ0n) is 9.52. The van der Waals surface area contributed by atoms with Crippen molar-refractivity contribution in [3.63, 3.8) is 0 Å². The van der Waals surface area contributed by atoms with E-state index in [2.05, 4.69) is 0 Å². The summed E-state index contributed by atoms with van der Waals surface area (Å²) in [4.78, 5) is 0. The largest absolute Gasteiger partial charge is 0.491 e. The molecule has 1 aromatic rings. The lowest BCUT2D eigenvalue weighted by molar-refractivity contribution is -0.0110. The highest BCUT2D eigenvalue weighted by Gasteiger charge is 2.14. The van der Waals surface area contributed by atoms with Crippen molar-refractivity contribution in [3.8, 4) is 5.75 Å². The molecule has 3 nitrogen and oxygen atoms in total. The van der Waals surface area contributed by atoms with Crippen LogP contribution in [0.25, 0.3) is 0 Å². The maximum Gasteiger partial charge on any atom is 0.119 e. The molecule has 1 atom stereocenters. The van der Waals surface area contributed by atoms with Crippen LogP contribution in [0, 0.1) is 0 Å². The van der Waals surface area contributed by atoms with Crippen molar-refractivity contribution in [2.24, 2.45) is 5.73 Å². The van der Waals surface area contributed by atoms with Crippen LogP contribution >= 0.6 is 0 Å². The average molecular weight is 221 g/mol. The standard InChI is InChI=1S/C13H19NO2/c14-9-11-4-3-6-12(8-11)16-10-13-5-1-2-7-15-13/h3-4,6,8,13H,1-2,5,7,9-10,14H2. The smallest absolute Gasteiger partial charge is 0.119 e. The molecule has 1 aromatic carbocycles. The minimum Gasteiger partial charge on any atom is -0.491 e. The van der Waals surface area contributed by atoms with Gasteiger partial charge in [-0.1, -0.05) is 12.1 Å². The van der Waals surface area contributed by atoms with Gasteiger partial charge < -0.3 is 15.2 Å². The van der Waals surface area contributed by atoms with Crippen molar-refractivity contribution in [3.05, 3.63) is 29.8 Å². The molecule has 0 amide bonds. The third kappa shape index (κ3) is 3.22.